The van der Waals surface area contributed by atoms with Gasteiger partial charge in [-0.2, -0.15) is 0 Å². The lowest BCUT2D eigenvalue weighted by atomic mass is 10.0. The van der Waals surface area contributed by atoms with E-state index in [-0.39, 0.29) is 0 Å². The van der Waals surface area contributed by atoms with E-state index < -0.39 is 0 Å². The molecule has 0 heterocycles. The van der Waals surface area contributed by atoms with Crippen molar-refractivity contribution < 1.29 is 4.48 Å². The summed E-state index contributed by atoms with van der Waals surface area (Å²) in [6, 6.07) is 0. The lowest BCUT2D eigenvalue weighted by Crippen LogP contribution is -2.57. The van der Waals surface area contributed by atoms with E-state index in [1.165, 1.54) is 24.0 Å². The van der Waals surface area contributed by atoms with Crippen LogP contribution in [-0.2, 0) is 0 Å². The molecule has 0 aromatic heterocycles. The van der Waals surface area contributed by atoms with Crippen LogP contribution in [0.5, 0.6) is 0 Å². The first kappa shape index (κ1) is 11.0. The van der Waals surface area contributed by atoms with E-state index in [1.807, 2.05) is 0 Å². The zero-order valence-electron chi connectivity index (χ0n) is 9.07. The van der Waals surface area contributed by atoms with Crippen molar-refractivity contribution in [3.05, 3.63) is 0 Å². The molecule has 0 aliphatic rings. The van der Waals surface area contributed by atoms with Gasteiger partial charge in [-0.25, -0.2) is 0 Å². The van der Waals surface area contributed by atoms with Gasteiger partial charge in [0.1, 0.15) is 0 Å². The van der Waals surface area contributed by atoms with Crippen LogP contribution in [0.2, 0.25) is 0 Å². The van der Waals surface area contributed by atoms with Gasteiger partial charge in [-0.3, -0.25) is 0 Å². The van der Waals surface area contributed by atoms with Crippen LogP contribution in [0, 0.1) is 0 Å². The SMILES string of the molecule is CCC[N+](C)(CC)C(C)(C)C. The Labute approximate surface area is 72.0 Å². The van der Waals surface area contributed by atoms with E-state index in [2.05, 4.69) is 41.7 Å². The zero-order valence-corrected chi connectivity index (χ0v) is 9.07. The smallest absolute Gasteiger partial charge is 0.0905 e. The third-order valence-electron chi connectivity index (χ3n) is 3.03. The molecule has 0 aromatic carbocycles. The molecule has 0 bridgehead atoms. The Hall–Kier alpha value is -0.0400. The van der Waals surface area contributed by atoms with E-state index >= 15 is 0 Å². The van der Waals surface area contributed by atoms with Crippen molar-refractivity contribution in [3.8, 4) is 0 Å². The molecule has 0 rings (SSSR count). The number of hydrogen-bond donors (Lipinski definition) is 0. The van der Waals surface area contributed by atoms with Gasteiger partial charge in [0.25, 0.3) is 0 Å². The van der Waals surface area contributed by atoms with Crippen molar-refractivity contribution in [1.29, 1.82) is 0 Å². The lowest BCUT2D eigenvalue weighted by Gasteiger charge is -2.45. The van der Waals surface area contributed by atoms with Crippen LogP contribution in [-0.4, -0.2) is 30.2 Å². The fourth-order valence-electron chi connectivity index (χ4n) is 1.46. The number of rotatable bonds is 3. The molecule has 0 aromatic rings. The molecule has 0 saturated carbocycles. The lowest BCUT2D eigenvalue weighted by molar-refractivity contribution is -0.951. The third kappa shape index (κ3) is 2.48. The summed E-state index contributed by atoms with van der Waals surface area (Å²) < 4.78 is 1.18. The normalized spacial score (nSPS) is 18.0. The summed E-state index contributed by atoms with van der Waals surface area (Å²) in [6.45, 7) is 14.0. The van der Waals surface area contributed by atoms with Crippen LogP contribution in [0.15, 0.2) is 0 Å². The molecule has 0 aliphatic carbocycles. The van der Waals surface area contributed by atoms with Crippen LogP contribution in [0.4, 0.5) is 0 Å². The predicted octanol–water partition coefficient (Wildman–Crippen LogP) is 2.66. The van der Waals surface area contributed by atoms with Crippen molar-refractivity contribution in [2.24, 2.45) is 0 Å². The molecular weight excluding hydrogens is 134 g/mol. The van der Waals surface area contributed by atoms with Crippen LogP contribution in [0.25, 0.3) is 0 Å². The minimum absolute atomic E-state index is 0.394. The van der Waals surface area contributed by atoms with Crippen molar-refractivity contribution in [2.75, 3.05) is 20.1 Å². The highest BCUT2D eigenvalue weighted by atomic mass is 15.4. The highest BCUT2D eigenvalue weighted by Gasteiger charge is 2.32. The van der Waals surface area contributed by atoms with Gasteiger partial charge in [0.2, 0.25) is 0 Å². The Morgan fingerprint density at radius 3 is 1.64 bits per heavy atom. The molecule has 0 N–H and O–H groups in total. The molecule has 1 unspecified atom stereocenters. The summed E-state index contributed by atoms with van der Waals surface area (Å²) in [5.41, 5.74) is 0.394. The standard InChI is InChI=1S/C10H24N/c1-7-9-11(6,8-2)10(3,4)5/h7-9H2,1-6H3/q+1. The Bertz CT molecular complexity index is 113. The molecule has 1 nitrogen and oxygen atoms in total. The molecule has 0 radical (unpaired) electrons. The van der Waals surface area contributed by atoms with Crippen molar-refractivity contribution >= 4 is 0 Å². The average Bonchev–Trinajstić information content (AvgIpc) is 1.86. The molecule has 0 spiro atoms. The minimum Gasteiger partial charge on any atom is -0.322 e. The predicted molar refractivity (Wildman–Crippen MR) is 51.6 cm³/mol. The van der Waals surface area contributed by atoms with E-state index in [0.29, 0.717) is 5.54 Å². The van der Waals surface area contributed by atoms with Gasteiger partial charge in [0, 0.05) is 0 Å². The summed E-state index contributed by atoms with van der Waals surface area (Å²) in [6.07, 6.45) is 1.28. The van der Waals surface area contributed by atoms with Crippen LogP contribution >= 0.6 is 0 Å². The largest absolute Gasteiger partial charge is 0.322 e. The van der Waals surface area contributed by atoms with Gasteiger partial charge >= 0.3 is 0 Å². The maximum absolute atomic E-state index is 2.35. The van der Waals surface area contributed by atoms with Crippen molar-refractivity contribution in [3.63, 3.8) is 0 Å². The quantitative estimate of drug-likeness (QED) is 0.554. The average molecular weight is 158 g/mol. The van der Waals surface area contributed by atoms with Gasteiger partial charge in [-0.05, 0) is 34.1 Å². The Kier molecular flexibility index (Phi) is 3.56. The van der Waals surface area contributed by atoms with Gasteiger partial charge in [-0.1, -0.05) is 6.92 Å². The van der Waals surface area contributed by atoms with E-state index in [4.69, 9.17) is 0 Å². The molecule has 0 fully saturated rings. The van der Waals surface area contributed by atoms with Crippen molar-refractivity contribution in [2.45, 2.75) is 46.6 Å². The molecule has 0 amide bonds. The molecule has 68 valence electrons. The molecule has 0 aliphatic heterocycles. The van der Waals surface area contributed by atoms with Crippen LogP contribution < -0.4 is 0 Å². The highest BCUT2D eigenvalue weighted by Crippen LogP contribution is 2.21. The first-order valence-electron chi connectivity index (χ1n) is 4.72. The zero-order chi connectivity index (χ0) is 9.12. The Morgan fingerprint density at radius 2 is 1.55 bits per heavy atom. The van der Waals surface area contributed by atoms with Gasteiger partial charge < -0.3 is 4.48 Å². The fourth-order valence-corrected chi connectivity index (χ4v) is 1.46. The minimum atomic E-state index is 0.394. The Morgan fingerprint density at radius 1 is 1.09 bits per heavy atom. The molecule has 1 atom stereocenters. The van der Waals surface area contributed by atoms with E-state index in [0.717, 1.165) is 0 Å². The van der Waals surface area contributed by atoms with Crippen LogP contribution in [0.1, 0.15) is 41.0 Å². The summed E-state index contributed by atoms with van der Waals surface area (Å²) in [7, 11) is 2.35. The summed E-state index contributed by atoms with van der Waals surface area (Å²) in [5, 5.41) is 0. The topological polar surface area (TPSA) is 0 Å². The first-order valence-corrected chi connectivity index (χ1v) is 4.72. The molecule has 11 heavy (non-hydrogen) atoms. The third-order valence-corrected chi connectivity index (χ3v) is 3.03. The Balaban J connectivity index is 4.33. The second-order valence-electron chi connectivity index (χ2n) is 4.61. The maximum atomic E-state index is 2.35. The summed E-state index contributed by atoms with van der Waals surface area (Å²) in [4.78, 5) is 0. The van der Waals surface area contributed by atoms with E-state index in [9.17, 15) is 0 Å². The van der Waals surface area contributed by atoms with Crippen LogP contribution in [0.3, 0.4) is 0 Å². The molecule has 0 saturated heterocycles. The number of quaternary nitrogens is 1. The van der Waals surface area contributed by atoms with Gasteiger partial charge in [0.05, 0.1) is 25.7 Å². The molecule has 1 heteroatoms. The van der Waals surface area contributed by atoms with Crippen molar-refractivity contribution in [1.82, 2.24) is 0 Å². The first-order chi connectivity index (χ1) is 4.87. The monoisotopic (exact) mass is 158 g/mol. The number of nitrogens with zero attached hydrogens (tertiary/aromatic N) is 1. The molecular formula is C10H24N+. The maximum Gasteiger partial charge on any atom is 0.0905 e. The summed E-state index contributed by atoms with van der Waals surface area (Å²) in [5.74, 6) is 0. The van der Waals surface area contributed by atoms with Gasteiger partial charge in [0.15, 0.2) is 0 Å². The van der Waals surface area contributed by atoms with Gasteiger partial charge in [-0.15, -0.1) is 0 Å². The summed E-state index contributed by atoms with van der Waals surface area (Å²) >= 11 is 0. The second kappa shape index (κ2) is 3.57. The van der Waals surface area contributed by atoms with E-state index in [1.54, 1.807) is 0 Å². The second-order valence-corrected chi connectivity index (χ2v) is 4.61. The fraction of sp³-hybridized carbons (Fsp3) is 1.00. The highest BCUT2D eigenvalue weighted by molar-refractivity contribution is 4.61. The number of hydrogen-bond acceptors (Lipinski definition) is 0.